The summed E-state index contributed by atoms with van der Waals surface area (Å²) < 4.78 is 32.1. The molecule has 0 bridgehead atoms. The number of thiazole rings is 1. The number of fused-ring (bicyclic) bond motifs is 2. The Kier molecular flexibility index (Phi) is 2.14. The predicted molar refractivity (Wildman–Crippen MR) is 64.7 cm³/mol. The van der Waals surface area contributed by atoms with Crippen molar-refractivity contribution in [2.75, 3.05) is 18.5 Å². The van der Waals surface area contributed by atoms with Crippen molar-refractivity contribution in [3.63, 3.8) is 0 Å². The number of rotatable bonds is 2. The fraction of sp³-hybridized carbons (Fsp3) is 0.417. The number of benzene rings is 1. The lowest BCUT2D eigenvalue weighted by Crippen LogP contribution is -2.12. The van der Waals surface area contributed by atoms with Gasteiger partial charge in [0.25, 0.3) is 0 Å². The smallest absolute Gasteiger partial charge is 0.184 e. The van der Waals surface area contributed by atoms with Gasteiger partial charge in [-0.15, -0.1) is 0 Å². The number of hydrogen-bond donors (Lipinski definition) is 1. The van der Waals surface area contributed by atoms with E-state index in [9.17, 15) is 8.78 Å². The quantitative estimate of drug-likeness (QED) is 0.909. The minimum Gasteiger partial charge on any atom is -0.381 e. The van der Waals surface area contributed by atoms with Crippen molar-refractivity contribution in [3.8, 4) is 0 Å². The van der Waals surface area contributed by atoms with Gasteiger partial charge in [-0.1, -0.05) is 11.3 Å². The topological polar surface area (TPSA) is 34.2 Å². The van der Waals surface area contributed by atoms with Gasteiger partial charge in [0.2, 0.25) is 0 Å². The predicted octanol–water partition coefficient (Wildman–Crippen LogP) is 2.63. The fourth-order valence-corrected chi connectivity index (χ4v) is 3.50. The molecule has 1 saturated heterocycles. The minimum absolute atomic E-state index is 0.411. The summed E-state index contributed by atoms with van der Waals surface area (Å²) in [4.78, 5) is 4.28. The standard InChI is InChI=1S/C12H10F2N2OS/c13-7-1-9-10(2-8(7)14)18-12(15-9)16-11-5-3-17-4-6(5)11/h1-2,5-6,11H,3-4H2,(H,15,16)/t5-,6+,11?. The third-order valence-corrected chi connectivity index (χ3v) is 4.62. The fourth-order valence-electron chi connectivity index (χ4n) is 2.58. The molecule has 94 valence electrons. The molecule has 1 aromatic carbocycles. The summed E-state index contributed by atoms with van der Waals surface area (Å²) in [5.41, 5.74) is 0.503. The van der Waals surface area contributed by atoms with Crippen LogP contribution in [0.5, 0.6) is 0 Å². The first-order chi connectivity index (χ1) is 8.72. The monoisotopic (exact) mass is 268 g/mol. The van der Waals surface area contributed by atoms with Crippen LogP contribution in [0.2, 0.25) is 0 Å². The van der Waals surface area contributed by atoms with Crippen molar-refractivity contribution in [3.05, 3.63) is 23.8 Å². The maximum Gasteiger partial charge on any atom is 0.184 e. The Morgan fingerprint density at radius 3 is 2.72 bits per heavy atom. The molecular weight excluding hydrogens is 258 g/mol. The molecule has 3 atom stereocenters. The average molecular weight is 268 g/mol. The molecule has 1 aliphatic heterocycles. The van der Waals surface area contributed by atoms with Crippen molar-refractivity contribution in [2.45, 2.75) is 6.04 Å². The third kappa shape index (κ3) is 1.52. The van der Waals surface area contributed by atoms with Gasteiger partial charge in [-0.2, -0.15) is 0 Å². The zero-order valence-electron chi connectivity index (χ0n) is 9.32. The molecule has 2 aromatic rings. The van der Waals surface area contributed by atoms with Crippen LogP contribution in [-0.4, -0.2) is 24.2 Å². The van der Waals surface area contributed by atoms with E-state index in [4.69, 9.17) is 4.74 Å². The van der Waals surface area contributed by atoms with Gasteiger partial charge < -0.3 is 10.1 Å². The van der Waals surface area contributed by atoms with Crippen molar-refractivity contribution < 1.29 is 13.5 Å². The lowest BCUT2D eigenvalue weighted by atomic mass is 10.3. The second-order valence-corrected chi connectivity index (χ2v) is 5.82. The molecule has 18 heavy (non-hydrogen) atoms. The molecule has 1 aliphatic carbocycles. The van der Waals surface area contributed by atoms with E-state index in [2.05, 4.69) is 10.3 Å². The molecule has 3 nitrogen and oxygen atoms in total. The lowest BCUT2D eigenvalue weighted by molar-refractivity contribution is 0.162. The van der Waals surface area contributed by atoms with E-state index in [1.54, 1.807) is 0 Å². The zero-order valence-corrected chi connectivity index (χ0v) is 10.1. The van der Waals surface area contributed by atoms with Crippen LogP contribution < -0.4 is 5.32 Å². The molecule has 1 N–H and O–H groups in total. The minimum atomic E-state index is -0.851. The van der Waals surface area contributed by atoms with Gasteiger partial charge in [0.15, 0.2) is 16.8 Å². The third-order valence-electron chi connectivity index (χ3n) is 3.67. The Morgan fingerprint density at radius 1 is 1.22 bits per heavy atom. The van der Waals surface area contributed by atoms with E-state index in [0.29, 0.717) is 28.1 Å². The van der Waals surface area contributed by atoms with Crippen LogP contribution in [0.1, 0.15) is 0 Å². The number of hydrogen-bond acceptors (Lipinski definition) is 4. The van der Waals surface area contributed by atoms with Crippen molar-refractivity contribution in [2.24, 2.45) is 11.8 Å². The molecule has 2 aliphatic rings. The zero-order chi connectivity index (χ0) is 12.3. The highest BCUT2D eigenvalue weighted by molar-refractivity contribution is 7.22. The summed E-state index contributed by atoms with van der Waals surface area (Å²) in [7, 11) is 0. The van der Waals surface area contributed by atoms with Gasteiger partial charge in [-0.05, 0) is 6.07 Å². The molecule has 0 amide bonds. The van der Waals surface area contributed by atoms with Gasteiger partial charge in [0.05, 0.1) is 23.4 Å². The Bertz CT molecular complexity index is 581. The Labute approximate surface area is 106 Å². The van der Waals surface area contributed by atoms with E-state index in [0.717, 1.165) is 24.4 Å². The molecule has 1 saturated carbocycles. The van der Waals surface area contributed by atoms with Gasteiger partial charge >= 0.3 is 0 Å². The molecule has 2 fully saturated rings. The van der Waals surface area contributed by atoms with E-state index >= 15 is 0 Å². The second kappa shape index (κ2) is 3.61. The Hall–Kier alpha value is -1.27. The number of nitrogens with zero attached hydrogens (tertiary/aromatic N) is 1. The summed E-state index contributed by atoms with van der Waals surface area (Å²) in [5, 5.41) is 4.06. The molecule has 6 heteroatoms. The first kappa shape index (κ1) is 10.6. The summed E-state index contributed by atoms with van der Waals surface area (Å²) >= 11 is 1.36. The largest absolute Gasteiger partial charge is 0.381 e. The van der Waals surface area contributed by atoms with E-state index < -0.39 is 11.6 Å². The SMILES string of the molecule is Fc1cc2nc(NC3[C@H]4COC[C@@H]34)sc2cc1F. The molecule has 1 aromatic heterocycles. The van der Waals surface area contributed by atoms with Crippen LogP contribution in [-0.2, 0) is 4.74 Å². The van der Waals surface area contributed by atoms with Crippen molar-refractivity contribution in [1.82, 2.24) is 4.98 Å². The van der Waals surface area contributed by atoms with Crippen molar-refractivity contribution in [1.29, 1.82) is 0 Å². The van der Waals surface area contributed by atoms with Gasteiger partial charge in [-0.25, -0.2) is 13.8 Å². The van der Waals surface area contributed by atoms with Crippen molar-refractivity contribution >= 4 is 26.7 Å². The van der Waals surface area contributed by atoms with Gasteiger partial charge in [0, 0.05) is 23.9 Å². The Balaban J connectivity index is 1.62. The number of ether oxygens (including phenoxy) is 1. The summed E-state index contributed by atoms with van der Waals surface area (Å²) in [5.74, 6) is -0.526. The summed E-state index contributed by atoms with van der Waals surface area (Å²) in [6.45, 7) is 1.60. The Morgan fingerprint density at radius 2 is 1.94 bits per heavy atom. The maximum absolute atomic E-state index is 13.1. The van der Waals surface area contributed by atoms with E-state index in [1.165, 1.54) is 17.4 Å². The molecule has 4 rings (SSSR count). The summed E-state index contributed by atoms with van der Waals surface area (Å²) in [6, 6.07) is 2.75. The van der Waals surface area contributed by atoms with Crippen LogP contribution in [0, 0.1) is 23.5 Å². The van der Waals surface area contributed by atoms with Crippen LogP contribution >= 0.6 is 11.3 Å². The summed E-state index contributed by atoms with van der Waals surface area (Å²) in [6.07, 6.45) is 0. The molecule has 0 spiro atoms. The van der Waals surface area contributed by atoms with Crippen LogP contribution in [0.25, 0.3) is 10.2 Å². The number of halogens is 2. The van der Waals surface area contributed by atoms with Crippen LogP contribution in [0.15, 0.2) is 12.1 Å². The number of aromatic nitrogens is 1. The highest BCUT2D eigenvalue weighted by atomic mass is 32.1. The highest BCUT2D eigenvalue weighted by Gasteiger charge is 2.54. The molecular formula is C12H10F2N2OS. The molecule has 1 unspecified atom stereocenters. The number of nitrogens with one attached hydrogen (secondary N) is 1. The molecule has 2 heterocycles. The lowest BCUT2D eigenvalue weighted by Gasteiger charge is -2.04. The first-order valence-corrected chi connectivity index (χ1v) is 6.64. The average Bonchev–Trinajstić information content (AvgIpc) is 2.73. The van der Waals surface area contributed by atoms with E-state index in [1.807, 2.05) is 0 Å². The van der Waals surface area contributed by atoms with Gasteiger partial charge in [0.1, 0.15) is 0 Å². The van der Waals surface area contributed by atoms with Crippen LogP contribution in [0.3, 0.4) is 0 Å². The maximum atomic E-state index is 13.1. The highest BCUT2D eigenvalue weighted by Crippen LogP contribution is 2.46. The second-order valence-electron chi connectivity index (χ2n) is 4.79. The van der Waals surface area contributed by atoms with E-state index in [-0.39, 0.29) is 0 Å². The first-order valence-electron chi connectivity index (χ1n) is 5.82. The normalized spacial score (nSPS) is 29.6. The van der Waals surface area contributed by atoms with Crippen LogP contribution in [0.4, 0.5) is 13.9 Å². The molecule has 0 radical (unpaired) electrons. The van der Waals surface area contributed by atoms with Gasteiger partial charge in [-0.3, -0.25) is 0 Å². The number of anilines is 1.